The molecule has 0 saturated carbocycles. The Bertz CT molecular complexity index is 546. The van der Waals surface area contributed by atoms with Crippen molar-refractivity contribution in [2.45, 2.75) is 36.1 Å². The first-order valence-electron chi connectivity index (χ1n) is 6.37. The van der Waals surface area contributed by atoms with Crippen molar-refractivity contribution >= 4 is 21.6 Å². The van der Waals surface area contributed by atoms with Gasteiger partial charge in [-0.25, -0.2) is 8.42 Å². The van der Waals surface area contributed by atoms with Crippen LogP contribution in [0.15, 0.2) is 29.2 Å². The van der Waals surface area contributed by atoms with Crippen LogP contribution in [-0.2, 0) is 9.84 Å². The Labute approximate surface area is 122 Å². The zero-order valence-corrected chi connectivity index (χ0v) is 12.7. The van der Waals surface area contributed by atoms with E-state index >= 15 is 0 Å². The van der Waals surface area contributed by atoms with E-state index in [1.165, 1.54) is 0 Å². The van der Waals surface area contributed by atoms with Gasteiger partial charge in [-0.2, -0.15) is 8.78 Å². The van der Waals surface area contributed by atoms with Crippen LogP contribution >= 0.6 is 11.8 Å². The SMILES string of the molecule is C[C@H](N[C@H]1CCS(=O)(=O)C1)c1ccc(SC(F)F)cc1. The third-order valence-corrected chi connectivity index (χ3v) is 5.81. The van der Waals surface area contributed by atoms with Crippen LogP contribution in [0.25, 0.3) is 0 Å². The van der Waals surface area contributed by atoms with Gasteiger partial charge in [0.2, 0.25) is 0 Å². The van der Waals surface area contributed by atoms with E-state index in [1.807, 2.05) is 6.92 Å². The van der Waals surface area contributed by atoms with Crippen LogP contribution in [0.1, 0.15) is 24.9 Å². The molecule has 2 rings (SSSR count). The number of nitrogens with one attached hydrogen (secondary N) is 1. The molecule has 7 heteroatoms. The Morgan fingerprint density at radius 3 is 2.45 bits per heavy atom. The summed E-state index contributed by atoms with van der Waals surface area (Å²) in [6.45, 7) is 1.94. The molecule has 0 radical (unpaired) electrons. The molecule has 1 N–H and O–H groups in total. The van der Waals surface area contributed by atoms with Gasteiger partial charge in [0, 0.05) is 17.0 Å². The average molecular weight is 321 g/mol. The van der Waals surface area contributed by atoms with Crippen LogP contribution in [0.4, 0.5) is 8.78 Å². The highest BCUT2D eigenvalue weighted by Crippen LogP contribution is 2.26. The maximum absolute atomic E-state index is 12.2. The van der Waals surface area contributed by atoms with Crippen molar-refractivity contribution < 1.29 is 17.2 Å². The third-order valence-electron chi connectivity index (χ3n) is 3.32. The van der Waals surface area contributed by atoms with E-state index in [9.17, 15) is 17.2 Å². The fourth-order valence-corrected chi connectivity index (χ4v) is 4.50. The zero-order chi connectivity index (χ0) is 14.8. The van der Waals surface area contributed by atoms with Gasteiger partial charge in [0.15, 0.2) is 9.84 Å². The molecule has 1 aliphatic rings. The van der Waals surface area contributed by atoms with E-state index in [1.54, 1.807) is 24.3 Å². The molecule has 0 aromatic heterocycles. The van der Waals surface area contributed by atoms with Gasteiger partial charge >= 0.3 is 0 Å². The minimum Gasteiger partial charge on any atom is -0.306 e. The van der Waals surface area contributed by atoms with Crippen molar-refractivity contribution in [3.8, 4) is 0 Å². The first-order valence-corrected chi connectivity index (χ1v) is 9.07. The van der Waals surface area contributed by atoms with Gasteiger partial charge in [-0.3, -0.25) is 0 Å². The van der Waals surface area contributed by atoms with Crippen LogP contribution in [0.3, 0.4) is 0 Å². The van der Waals surface area contributed by atoms with Crippen LogP contribution in [0, 0.1) is 0 Å². The Morgan fingerprint density at radius 1 is 1.30 bits per heavy atom. The van der Waals surface area contributed by atoms with Gasteiger partial charge in [0.1, 0.15) is 0 Å². The number of halogens is 2. The zero-order valence-electron chi connectivity index (χ0n) is 11.1. The summed E-state index contributed by atoms with van der Waals surface area (Å²) in [4.78, 5) is 0.527. The fraction of sp³-hybridized carbons (Fsp3) is 0.538. The van der Waals surface area contributed by atoms with Gasteiger partial charge in [-0.15, -0.1) is 0 Å². The van der Waals surface area contributed by atoms with E-state index in [-0.39, 0.29) is 23.6 Å². The van der Waals surface area contributed by atoms with Gasteiger partial charge in [-0.1, -0.05) is 23.9 Å². The van der Waals surface area contributed by atoms with Gasteiger partial charge in [0.25, 0.3) is 5.76 Å². The second kappa shape index (κ2) is 6.41. The predicted molar refractivity (Wildman–Crippen MR) is 76.9 cm³/mol. The minimum atomic E-state index is -2.89. The molecule has 1 aliphatic heterocycles. The van der Waals surface area contributed by atoms with E-state index in [0.717, 1.165) is 5.56 Å². The van der Waals surface area contributed by atoms with Gasteiger partial charge in [-0.05, 0) is 31.0 Å². The number of hydrogen-bond acceptors (Lipinski definition) is 4. The van der Waals surface area contributed by atoms with E-state index in [0.29, 0.717) is 23.1 Å². The summed E-state index contributed by atoms with van der Waals surface area (Å²) in [5.74, 6) is -2.00. The van der Waals surface area contributed by atoms with Crippen LogP contribution in [0.2, 0.25) is 0 Å². The quantitative estimate of drug-likeness (QED) is 0.847. The summed E-state index contributed by atoms with van der Waals surface area (Å²) in [5.41, 5.74) is 0.966. The topological polar surface area (TPSA) is 46.2 Å². The van der Waals surface area contributed by atoms with Crippen LogP contribution in [0.5, 0.6) is 0 Å². The maximum Gasteiger partial charge on any atom is 0.288 e. The molecule has 0 aliphatic carbocycles. The first kappa shape index (κ1) is 15.7. The Balaban J connectivity index is 1.94. The number of thioether (sulfide) groups is 1. The minimum absolute atomic E-state index is 0.00102. The lowest BCUT2D eigenvalue weighted by Crippen LogP contribution is -2.32. The predicted octanol–water partition coefficient (Wildman–Crippen LogP) is 2.84. The van der Waals surface area contributed by atoms with Gasteiger partial charge < -0.3 is 5.32 Å². The number of alkyl halides is 2. The standard InChI is InChI=1S/C13H17F2NO2S2/c1-9(16-11-6-7-20(17,18)8-11)10-2-4-12(5-3-10)19-13(14)15/h2-5,9,11,13,16H,6-8H2,1H3/t9-,11-/m0/s1. The number of benzene rings is 1. The molecule has 0 spiro atoms. The number of hydrogen-bond donors (Lipinski definition) is 1. The molecule has 1 aromatic carbocycles. The smallest absolute Gasteiger partial charge is 0.288 e. The van der Waals surface area contributed by atoms with Crippen LogP contribution < -0.4 is 5.32 Å². The lowest BCUT2D eigenvalue weighted by atomic mass is 10.1. The average Bonchev–Trinajstić information content (AvgIpc) is 2.68. The van der Waals surface area contributed by atoms with Crippen molar-refractivity contribution in [1.29, 1.82) is 0 Å². The van der Waals surface area contributed by atoms with Crippen molar-refractivity contribution in [1.82, 2.24) is 5.32 Å². The highest BCUT2D eigenvalue weighted by Gasteiger charge is 2.28. The monoisotopic (exact) mass is 321 g/mol. The van der Waals surface area contributed by atoms with E-state index in [2.05, 4.69) is 5.32 Å². The summed E-state index contributed by atoms with van der Waals surface area (Å²) in [7, 11) is -2.89. The highest BCUT2D eigenvalue weighted by atomic mass is 32.2. The van der Waals surface area contributed by atoms with E-state index < -0.39 is 15.6 Å². The molecular weight excluding hydrogens is 304 g/mol. The van der Waals surface area contributed by atoms with Crippen LogP contribution in [-0.4, -0.2) is 31.7 Å². The number of rotatable bonds is 5. The Hall–Kier alpha value is -0.660. The summed E-state index contributed by atoms with van der Waals surface area (Å²) in [5, 5.41) is 3.28. The molecule has 0 unspecified atom stereocenters. The van der Waals surface area contributed by atoms with E-state index in [4.69, 9.17) is 0 Å². The molecule has 1 saturated heterocycles. The Kier molecular flexibility index (Phi) is 5.04. The van der Waals surface area contributed by atoms with Crippen molar-refractivity contribution in [3.05, 3.63) is 29.8 Å². The second-order valence-electron chi connectivity index (χ2n) is 4.94. The van der Waals surface area contributed by atoms with Crippen molar-refractivity contribution in [2.75, 3.05) is 11.5 Å². The Morgan fingerprint density at radius 2 is 1.95 bits per heavy atom. The molecule has 1 fully saturated rings. The lowest BCUT2D eigenvalue weighted by molar-refractivity contribution is 0.252. The molecule has 1 heterocycles. The molecule has 112 valence electrons. The molecule has 3 nitrogen and oxygen atoms in total. The van der Waals surface area contributed by atoms with Crippen molar-refractivity contribution in [2.24, 2.45) is 0 Å². The molecule has 1 aromatic rings. The van der Waals surface area contributed by atoms with Gasteiger partial charge in [0.05, 0.1) is 11.5 Å². The number of sulfone groups is 1. The second-order valence-corrected chi connectivity index (χ2v) is 8.23. The summed E-state index contributed by atoms with van der Waals surface area (Å²) < 4.78 is 47.2. The highest BCUT2D eigenvalue weighted by molar-refractivity contribution is 7.99. The molecular formula is C13H17F2NO2S2. The molecule has 2 atom stereocenters. The molecule has 0 amide bonds. The first-order chi connectivity index (χ1) is 9.35. The molecule has 0 bridgehead atoms. The summed E-state index contributed by atoms with van der Waals surface area (Å²) >= 11 is 0.518. The summed E-state index contributed by atoms with van der Waals surface area (Å²) in [6, 6.07) is 6.90. The molecule has 20 heavy (non-hydrogen) atoms. The normalized spacial score (nSPS) is 23.1. The maximum atomic E-state index is 12.2. The third kappa shape index (κ3) is 4.43. The largest absolute Gasteiger partial charge is 0.306 e. The fourth-order valence-electron chi connectivity index (χ4n) is 2.31. The van der Waals surface area contributed by atoms with Crippen molar-refractivity contribution in [3.63, 3.8) is 0 Å². The summed E-state index contributed by atoms with van der Waals surface area (Å²) in [6.07, 6.45) is 0.631. The lowest BCUT2D eigenvalue weighted by Gasteiger charge is -2.19.